The normalized spacial score (nSPS) is 11.6. The van der Waals surface area contributed by atoms with E-state index in [9.17, 15) is 4.79 Å². The fourth-order valence-electron chi connectivity index (χ4n) is 1.70. The third kappa shape index (κ3) is 4.49. The highest BCUT2D eigenvalue weighted by Gasteiger charge is 2.15. The number of carbonyl (C=O) groups is 1. The number of nitrogens with one attached hydrogen (secondary N) is 1. The highest BCUT2D eigenvalue weighted by molar-refractivity contribution is 9.10. The smallest absolute Gasteiger partial charge is 0.333 e. The van der Waals surface area contributed by atoms with Gasteiger partial charge in [0.25, 0.3) is 0 Å². The van der Waals surface area contributed by atoms with E-state index >= 15 is 0 Å². The van der Waals surface area contributed by atoms with Crippen LogP contribution in [0.15, 0.2) is 53.0 Å². The molecule has 5 heteroatoms. The van der Waals surface area contributed by atoms with Gasteiger partial charge in [0.2, 0.25) is 0 Å². The Bertz CT molecular complexity index is 596. The van der Waals surface area contributed by atoms with E-state index in [0.29, 0.717) is 5.75 Å². The van der Waals surface area contributed by atoms with E-state index < -0.39 is 6.04 Å². The SMILES string of the molecule is COc1ccc(NC(C)C(=O)Oc2ccc(Br)cc2)cc1. The Balaban J connectivity index is 1.93. The number of esters is 1. The van der Waals surface area contributed by atoms with Crippen LogP contribution in [0.4, 0.5) is 5.69 Å². The van der Waals surface area contributed by atoms with Gasteiger partial charge in [-0.25, -0.2) is 4.79 Å². The summed E-state index contributed by atoms with van der Waals surface area (Å²) in [5, 5.41) is 3.09. The monoisotopic (exact) mass is 349 g/mol. The number of hydrogen-bond acceptors (Lipinski definition) is 4. The van der Waals surface area contributed by atoms with E-state index in [2.05, 4.69) is 21.2 Å². The number of methoxy groups -OCH3 is 1. The molecule has 110 valence electrons. The highest BCUT2D eigenvalue weighted by Crippen LogP contribution is 2.18. The lowest BCUT2D eigenvalue weighted by Gasteiger charge is -2.14. The number of ether oxygens (including phenoxy) is 2. The van der Waals surface area contributed by atoms with Gasteiger partial charge in [-0.2, -0.15) is 0 Å². The van der Waals surface area contributed by atoms with Crippen LogP contribution in [0.2, 0.25) is 0 Å². The summed E-state index contributed by atoms with van der Waals surface area (Å²) in [5.74, 6) is 0.949. The zero-order chi connectivity index (χ0) is 15.2. The number of hydrogen-bond donors (Lipinski definition) is 1. The number of rotatable bonds is 5. The third-order valence-electron chi connectivity index (χ3n) is 2.86. The Kier molecular flexibility index (Phi) is 5.22. The molecule has 1 unspecified atom stereocenters. The zero-order valence-corrected chi connectivity index (χ0v) is 13.4. The predicted molar refractivity (Wildman–Crippen MR) is 85.9 cm³/mol. The molecule has 0 aliphatic carbocycles. The maximum atomic E-state index is 12.0. The molecule has 0 heterocycles. The van der Waals surface area contributed by atoms with Gasteiger partial charge in [-0.3, -0.25) is 0 Å². The van der Waals surface area contributed by atoms with E-state index in [1.54, 1.807) is 26.2 Å². The summed E-state index contributed by atoms with van der Waals surface area (Å²) in [6.07, 6.45) is 0. The van der Waals surface area contributed by atoms with Gasteiger partial charge in [-0.15, -0.1) is 0 Å². The van der Waals surface area contributed by atoms with Gasteiger partial charge in [-0.1, -0.05) is 15.9 Å². The lowest BCUT2D eigenvalue weighted by atomic mass is 10.2. The van der Waals surface area contributed by atoms with Gasteiger partial charge in [-0.05, 0) is 55.5 Å². The molecule has 0 spiro atoms. The van der Waals surface area contributed by atoms with Crippen LogP contribution in [0.3, 0.4) is 0 Å². The molecule has 0 saturated carbocycles. The van der Waals surface area contributed by atoms with Crippen LogP contribution < -0.4 is 14.8 Å². The molecule has 0 aliphatic heterocycles. The molecule has 0 aromatic heterocycles. The summed E-state index contributed by atoms with van der Waals surface area (Å²) in [5.41, 5.74) is 0.830. The molecule has 1 atom stereocenters. The quantitative estimate of drug-likeness (QED) is 0.657. The Hall–Kier alpha value is -2.01. The van der Waals surface area contributed by atoms with Crippen LogP contribution in [0, 0.1) is 0 Å². The second-order valence-corrected chi connectivity index (χ2v) is 5.39. The summed E-state index contributed by atoms with van der Waals surface area (Å²) >= 11 is 3.33. The molecular formula is C16H16BrNO3. The third-order valence-corrected chi connectivity index (χ3v) is 3.39. The average Bonchev–Trinajstić information content (AvgIpc) is 2.50. The van der Waals surface area contributed by atoms with E-state index in [0.717, 1.165) is 15.9 Å². The Morgan fingerprint density at radius 3 is 2.19 bits per heavy atom. The molecule has 0 fully saturated rings. The topological polar surface area (TPSA) is 47.6 Å². The number of anilines is 1. The number of benzene rings is 2. The first-order chi connectivity index (χ1) is 10.1. The standard InChI is InChI=1S/C16H16BrNO3/c1-11(18-13-5-9-14(20-2)10-6-13)16(19)21-15-7-3-12(17)4-8-15/h3-11,18H,1-2H3. The fraction of sp³-hybridized carbons (Fsp3) is 0.188. The fourth-order valence-corrected chi connectivity index (χ4v) is 1.97. The number of carbonyl (C=O) groups excluding carboxylic acids is 1. The van der Waals surface area contributed by atoms with Crippen molar-refractivity contribution < 1.29 is 14.3 Å². The predicted octanol–water partition coefficient (Wildman–Crippen LogP) is 3.86. The van der Waals surface area contributed by atoms with Gasteiger partial charge < -0.3 is 14.8 Å². The number of halogens is 1. The molecule has 2 aromatic rings. The maximum Gasteiger partial charge on any atom is 0.333 e. The Morgan fingerprint density at radius 1 is 1.05 bits per heavy atom. The van der Waals surface area contributed by atoms with Crippen molar-refractivity contribution in [3.63, 3.8) is 0 Å². The minimum atomic E-state index is -0.456. The van der Waals surface area contributed by atoms with Gasteiger partial charge in [0, 0.05) is 10.2 Å². The first-order valence-corrected chi connectivity index (χ1v) is 7.25. The van der Waals surface area contributed by atoms with Crippen LogP contribution in [0.5, 0.6) is 11.5 Å². The molecule has 0 saturated heterocycles. The van der Waals surface area contributed by atoms with Crippen molar-refractivity contribution in [1.29, 1.82) is 0 Å². The summed E-state index contributed by atoms with van der Waals surface area (Å²) in [6.45, 7) is 1.76. The van der Waals surface area contributed by atoms with Crippen molar-refractivity contribution in [3.05, 3.63) is 53.0 Å². The van der Waals surface area contributed by atoms with Crippen molar-refractivity contribution in [2.24, 2.45) is 0 Å². The molecule has 2 aromatic carbocycles. The molecule has 0 radical (unpaired) electrons. The maximum absolute atomic E-state index is 12.0. The highest BCUT2D eigenvalue weighted by atomic mass is 79.9. The second-order valence-electron chi connectivity index (χ2n) is 4.47. The van der Waals surface area contributed by atoms with Crippen molar-refractivity contribution in [3.8, 4) is 11.5 Å². The second kappa shape index (κ2) is 7.13. The molecular weight excluding hydrogens is 334 g/mol. The van der Waals surface area contributed by atoms with Crippen LogP contribution in [-0.4, -0.2) is 19.1 Å². The van der Waals surface area contributed by atoms with E-state index in [-0.39, 0.29) is 5.97 Å². The van der Waals surface area contributed by atoms with E-state index in [1.807, 2.05) is 36.4 Å². The minimum absolute atomic E-state index is 0.340. The molecule has 0 bridgehead atoms. The summed E-state index contributed by atoms with van der Waals surface area (Å²) in [7, 11) is 1.61. The molecule has 1 N–H and O–H groups in total. The van der Waals surface area contributed by atoms with Gasteiger partial charge in [0.05, 0.1) is 7.11 Å². The summed E-state index contributed by atoms with van der Waals surface area (Å²) < 4.78 is 11.3. The molecule has 0 amide bonds. The minimum Gasteiger partial charge on any atom is -0.497 e. The lowest BCUT2D eigenvalue weighted by molar-refractivity contribution is -0.134. The molecule has 0 aliphatic rings. The van der Waals surface area contributed by atoms with Crippen molar-refractivity contribution in [2.75, 3.05) is 12.4 Å². The molecule has 21 heavy (non-hydrogen) atoms. The average molecular weight is 350 g/mol. The molecule has 4 nitrogen and oxygen atoms in total. The van der Waals surface area contributed by atoms with Gasteiger partial charge in [0.1, 0.15) is 17.5 Å². The first kappa shape index (κ1) is 15.4. The Labute approximate surface area is 132 Å². The van der Waals surface area contributed by atoms with Crippen LogP contribution >= 0.6 is 15.9 Å². The van der Waals surface area contributed by atoms with Crippen LogP contribution in [-0.2, 0) is 4.79 Å². The summed E-state index contributed by atoms with van der Waals surface area (Å²) in [6, 6.07) is 14.0. The first-order valence-electron chi connectivity index (χ1n) is 6.46. The van der Waals surface area contributed by atoms with Crippen molar-refractivity contribution >= 4 is 27.6 Å². The van der Waals surface area contributed by atoms with Crippen LogP contribution in [0.25, 0.3) is 0 Å². The lowest BCUT2D eigenvalue weighted by Crippen LogP contribution is -2.30. The van der Waals surface area contributed by atoms with E-state index in [4.69, 9.17) is 9.47 Å². The van der Waals surface area contributed by atoms with E-state index in [1.165, 1.54) is 0 Å². The van der Waals surface area contributed by atoms with Gasteiger partial charge >= 0.3 is 5.97 Å². The van der Waals surface area contributed by atoms with Crippen LogP contribution in [0.1, 0.15) is 6.92 Å². The Morgan fingerprint density at radius 2 is 1.62 bits per heavy atom. The molecule has 2 rings (SSSR count). The van der Waals surface area contributed by atoms with Crippen molar-refractivity contribution in [2.45, 2.75) is 13.0 Å². The summed E-state index contributed by atoms with van der Waals surface area (Å²) in [4.78, 5) is 12.0. The zero-order valence-electron chi connectivity index (χ0n) is 11.8. The van der Waals surface area contributed by atoms with Gasteiger partial charge in [0.15, 0.2) is 0 Å². The largest absolute Gasteiger partial charge is 0.497 e. The van der Waals surface area contributed by atoms with Crippen molar-refractivity contribution in [1.82, 2.24) is 0 Å².